The highest BCUT2D eigenvalue weighted by molar-refractivity contribution is 5.08. The fraction of sp³-hybridized carbons (Fsp3) is 0.643. The molecular weight excluding hydrogens is 210 g/mol. The van der Waals surface area contributed by atoms with Crippen LogP contribution in [0.4, 0.5) is 0 Å². The van der Waals surface area contributed by atoms with E-state index in [1.165, 1.54) is 44.5 Å². The van der Waals surface area contributed by atoms with Crippen LogP contribution in [0.25, 0.3) is 0 Å². The molecule has 0 spiro atoms. The van der Waals surface area contributed by atoms with Crippen LogP contribution in [0.2, 0.25) is 0 Å². The molecule has 2 fully saturated rings. The molecule has 0 aliphatic carbocycles. The highest BCUT2D eigenvalue weighted by atomic mass is 15.2. The molecule has 3 nitrogen and oxygen atoms in total. The lowest BCUT2D eigenvalue weighted by molar-refractivity contribution is 0.109. The molecular formula is C14H21N3. The van der Waals surface area contributed by atoms with E-state index in [0.29, 0.717) is 0 Å². The Balaban J connectivity index is 1.59. The zero-order chi connectivity index (χ0) is 11.5. The smallest absolute Gasteiger partial charge is 0.0312 e. The molecule has 3 heterocycles. The quantitative estimate of drug-likeness (QED) is 0.839. The number of nitrogens with zero attached hydrogens (tertiary/aromatic N) is 2. The van der Waals surface area contributed by atoms with Crippen LogP contribution < -0.4 is 5.32 Å². The van der Waals surface area contributed by atoms with E-state index >= 15 is 0 Å². The molecule has 2 atom stereocenters. The number of rotatable bonds is 2. The van der Waals surface area contributed by atoms with Gasteiger partial charge in [-0.2, -0.15) is 0 Å². The topological polar surface area (TPSA) is 28.2 Å². The minimum absolute atomic E-state index is 0.786. The minimum atomic E-state index is 0.786. The lowest BCUT2D eigenvalue weighted by atomic mass is 9.85. The lowest BCUT2D eigenvalue weighted by Crippen LogP contribution is -2.51. The largest absolute Gasteiger partial charge is 0.314 e. The first-order valence-corrected chi connectivity index (χ1v) is 6.76. The Kier molecular flexibility index (Phi) is 3.39. The van der Waals surface area contributed by atoms with E-state index in [0.717, 1.165) is 18.5 Å². The van der Waals surface area contributed by atoms with Crippen LogP contribution in [0, 0.1) is 5.92 Å². The highest BCUT2D eigenvalue weighted by Crippen LogP contribution is 2.25. The number of fused-ring (bicyclic) bond motifs is 1. The molecule has 1 N–H and O–H groups in total. The first-order valence-electron chi connectivity index (χ1n) is 6.76. The van der Waals surface area contributed by atoms with E-state index in [2.05, 4.69) is 21.3 Å². The van der Waals surface area contributed by atoms with Crippen LogP contribution in [0.3, 0.4) is 0 Å². The Labute approximate surface area is 103 Å². The molecule has 0 radical (unpaired) electrons. The molecule has 92 valence electrons. The van der Waals surface area contributed by atoms with Crippen molar-refractivity contribution in [2.45, 2.75) is 31.8 Å². The van der Waals surface area contributed by atoms with Gasteiger partial charge in [-0.15, -0.1) is 0 Å². The summed E-state index contributed by atoms with van der Waals surface area (Å²) in [7, 11) is 0. The molecule has 1 aromatic heterocycles. The molecule has 2 aliphatic rings. The van der Waals surface area contributed by atoms with Crippen molar-refractivity contribution in [2.24, 2.45) is 5.92 Å². The molecule has 0 aromatic carbocycles. The monoisotopic (exact) mass is 231 g/mol. The van der Waals surface area contributed by atoms with Gasteiger partial charge in [0.25, 0.3) is 0 Å². The van der Waals surface area contributed by atoms with E-state index in [1.807, 2.05) is 18.5 Å². The van der Waals surface area contributed by atoms with E-state index in [1.54, 1.807) is 0 Å². The number of nitrogens with one attached hydrogen (secondary N) is 1. The van der Waals surface area contributed by atoms with Crippen molar-refractivity contribution in [3.05, 3.63) is 30.1 Å². The average molecular weight is 231 g/mol. The van der Waals surface area contributed by atoms with Crippen LogP contribution >= 0.6 is 0 Å². The van der Waals surface area contributed by atoms with Crippen LogP contribution in [-0.2, 0) is 6.54 Å². The first kappa shape index (κ1) is 11.2. The molecule has 2 unspecified atom stereocenters. The summed E-state index contributed by atoms with van der Waals surface area (Å²) in [4.78, 5) is 6.78. The van der Waals surface area contributed by atoms with E-state index in [4.69, 9.17) is 0 Å². The summed E-state index contributed by atoms with van der Waals surface area (Å²) in [6.45, 7) is 4.77. The van der Waals surface area contributed by atoms with Crippen molar-refractivity contribution in [1.29, 1.82) is 0 Å². The van der Waals surface area contributed by atoms with Gasteiger partial charge in [0.1, 0.15) is 0 Å². The minimum Gasteiger partial charge on any atom is -0.314 e. The zero-order valence-electron chi connectivity index (χ0n) is 10.3. The third-order valence-corrected chi connectivity index (χ3v) is 4.11. The third-order valence-electron chi connectivity index (χ3n) is 4.11. The molecule has 0 amide bonds. The van der Waals surface area contributed by atoms with Crippen LogP contribution in [0.15, 0.2) is 24.5 Å². The second-order valence-corrected chi connectivity index (χ2v) is 5.35. The number of hydrogen-bond acceptors (Lipinski definition) is 3. The summed E-state index contributed by atoms with van der Waals surface area (Å²) in [5.74, 6) is 0.870. The average Bonchev–Trinajstić information content (AvgIpc) is 2.40. The molecule has 3 heteroatoms. The van der Waals surface area contributed by atoms with Crippen molar-refractivity contribution < 1.29 is 0 Å². The Morgan fingerprint density at radius 2 is 2.41 bits per heavy atom. The van der Waals surface area contributed by atoms with Gasteiger partial charge in [-0.25, -0.2) is 0 Å². The van der Waals surface area contributed by atoms with E-state index < -0.39 is 0 Å². The highest BCUT2D eigenvalue weighted by Gasteiger charge is 2.30. The van der Waals surface area contributed by atoms with Gasteiger partial charge >= 0.3 is 0 Å². The third kappa shape index (κ3) is 2.67. The van der Waals surface area contributed by atoms with Gasteiger partial charge in [0.05, 0.1) is 0 Å². The second kappa shape index (κ2) is 5.15. The van der Waals surface area contributed by atoms with Gasteiger partial charge in [0.2, 0.25) is 0 Å². The predicted octanol–water partition coefficient (Wildman–Crippen LogP) is 1.66. The standard InChI is InChI=1S/C14H21N3/c1-3-12(9-15-6-1)10-17-8-5-14-13(11-17)4-2-7-16-14/h1,3,6,9,13-14,16H,2,4-5,7-8,10-11H2. The molecule has 3 rings (SSSR count). The molecule has 2 saturated heterocycles. The van der Waals surface area contributed by atoms with Crippen molar-refractivity contribution in [3.63, 3.8) is 0 Å². The van der Waals surface area contributed by atoms with Gasteiger partial charge in [-0.3, -0.25) is 9.88 Å². The van der Waals surface area contributed by atoms with Crippen molar-refractivity contribution in [1.82, 2.24) is 15.2 Å². The predicted molar refractivity (Wildman–Crippen MR) is 68.6 cm³/mol. The summed E-state index contributed by atoms with van der Waals surface area (Å²) in [5.41, 5.74) is 1.34. The fourth-order valence-electron chi connectivity index (χ4n) is 3.21. The molecule has 17 heavy (non-hydrogen) atoms. The number of hydrogen-bond donors (Lipinski definition) is 1. The normalized spacial score (nSPS) is 29.9. The maximum absolute atomic E-state index is 4.19. The Morgan fingerprint density at radius 3 is 3.29 bits per heavy atom. The fourth-order valence-corrected chi connectivity index (χ4v) is 3.21. The van der Waals surface area contributed by atoms with Crippen molar-refractivity contribution >= 4 is 0 Å². The van der Waals surface area contributed by atoms with Crippen LogP contribution in [0.1, 0.15) is 24.8 Å². The summed E-state index contributed by atoms with van der Waals surface area (Å²) in [6, 6.07) is 5.00. The number of likely N-dealkylation sites (tertiary alicyclic amines) is 1. The van der Waals surface area contributed by atoms with Crippen LogP contribution in [0.5, 0.6) is 0 Å². The van der Waals surface area contributed by atoms with Gasteiger partial charge in [-0.1, -0.05) is 6.07 Å². The number of piperidine rings is 2. The second-order valence-electron chi connectivity index (χ2n) is 5.35. The van der Waals surface area contributed by atoms with Gasteiger partial charge in [0, 0.05) is 31.5 Å². The lowest BCUT2D eigenvalue weighted by Gasteiger charge is -2.41. The van der Waals surface area contributed by atoms with Gasteiger partial charge < -0.3 is 5.32 Å². The summed E-state index contributed by atoms with van der Waals surface area (Å²) < 4.78 is 0. The summed E-state index contributed by atoms with van der Waals surface area (Å²) in [5, 5.41) is 3.67. The Bertz CT molecular complexity index is 352. The van der Waals surface area contributed by atoms with Gasteiger partial charge in [-0.05, 0) is 49.9 Å². The molecule has 1 aromatic rings. The van der Waals surface area contributed by atoms with Crippen LogP contribution in [-0.4, -0.2) is 35.6 Å². The Morgan fingerprint density at radius 1 is 1.41 bits per heavy atom. The maximum atomic E-state index is 4.19. The molecule has 2 aliphatic heterocycles. The Hall–Kier alpha value is -0.930. The number of pyridine rings is 1. The summed E-state index contributed by atoms with van der Waals surface area (Å²) >= 11 is 0. The molecule has 0 saturated carbocycles. The zero-order valence-corrected chi connectivity index (χ0v) is 10.3. The van der Waals surface area contributed by atoms with Crippen molar-refractivity contribution in [3.8, 4) is 0 Å². The first-order chi connectivity index (χ1) is 8.42. The molecule has 0 bridgehead atoms. The van der Waals surface area contributed by atoms with E-state index in [9.17, 15) is 0 Å². The SMILES string of the molecule is c1cncc(CN2CCC3NCCCC3C2)c1. The van der Waals surface area contributed by atoms with E-state index in [-0.39, 0.29) is 0 Å². The van der Waals surface area contributed by atoms with Gasteiger partial charge in [0.15, 0.2) is 0 Å². The maximum Gasteiger partial charge on any atom is 0.0312 e. The van der Waals surface area contributed by atoms with Crippen molar-refractivity contribution in [2.75, 3.05) is 19.6 Å². The summed E-state index contributed by atoms with van der Waals surface area (Å²) in [6.07, 6.45) is 7.90. The number of aromatic nitrogens is 1.